The van der Waals surface area contributed by atoms with Crippen molar-refractivity contribution >= 4 is 11.6 Å². The molecule has 0 fully saturated rings. The van der Waals surface area contributed by atoms with Crippen LogP contribution >= 0.6 is 0 Å². The van der Waals surface area contributed by atoms with Crippen LogP contribution in [0.3, 0.4) is 0 Å². The second-order valence-corrected chi connectivity index (χ2v) is 3.47. The van der Waals surface area contributed by atoms with Crippen molar-refractivity contribution in [2.75, 3.05) is 0 Å². The highest BCUT2D eigenvalue weighted by Gasteiger charge is 2.15. The summed E-state index contributed by atoms with van der Waals surface area (Å²) < 4.78 is 13.9. The average molecular weight is 236 g/mol. The number of carbonyl (C=O) groups excluding carboxylic acids is 1. The third kappa shape index (κ3) is 2.00. The van der Waals surface area contributed by atoms with Gasteiger partial charge >= 0.3 is 0 Å². The Morgan fingerprint density at radius 3 is 2.82 bits per heavy atom. The summed E-state index contributed by atoms with van der Waals surface area (Å²) in [7, 11) is 0. The van der Waals surface area contributed by atoms with Gasteiger partial charge < -0.3 is 11.5 Å². The molecule has 2 heterocycles. The number of hydrogen-bond donors (Lipinski definition) is 2. The van der Waals surface area contributed by atoms with Gasteiger partial charge in [0.1, 0.15) is 17.5 Å². The van der Waals surface area contributed by atoms with E-state index in [1.165, 1.54) is 6.07 Å². The lowest BCUT2D eigenvalue weighted by Crippen LogP contribution is -2.30. The fraction of sp³-hybridized carbons (Fsp3) is 0.100. The Morgan fingerprint density at radius 1 is 1.47 bits per heavy atom. The first-order valence-electron chi connectivity index (χ1n) is 4.73. The number of fused-ring (bicyclic) bond motifs is 1. The van der Waals surface area contributed by atoms with Gasteiger partial charge in [0.2, 0.25) is 5.91 Å². The number of halogens is 1. The number of hydrogen-bond acceptors (Lipinski definition) is 4. The number of aromatic nitrogens is 2. The number of nitrogens with zero attached hydrogens (tertiary/aromatic N) is 2. The Balaban J connectivity index is 2.68. The summed E-state index contributed by atoms with van der Waals surface area (Å²) in [5.74, 6) is -1.35. The second kappa shape index (κ2) is 3.95. The van der Waals surface area contributed by atoms with Crippen LogP contribution in [0.2, 0.25) is 0 Å². The first kappa shape index (κ1) is 11.2. The standard InChI is InChI=1S/C10H9FN4O2/c11-5-1-2-7-14-6(9(12)10(13)17)3-8(16)15(7)4-5/h1-4,9H,12H2,(H2,13,17). The molecule has 4 N–H and O–H groups in total. The number of primary amides is 1. The van der Waals surface area contributed by atoms with E-state index in [9.17, 15) is 14.0 Å². The van der Waals surface area contributed by atoms with Crippen LogP contribution in [0.4, 0.5) is 4.39 Å². The fourth-order valence-electron chi connectivity index (χ4n) is 1.40. The Hall–Kier alpha value is -2.28. The smallest absolute Gasteiger partial charge is 0.258 e. The molecule has 17 heavy (non-hydrogen) atoms. The molecule has 2 rings (SSSR count). The lowest BCUT2D eigenvalue weighted by molar-refractivity contribution is -0.119. The van der Waals surface area contributed by atoms with Gasteiger partial charge in [-0.1, -0.05) is 0 Å². The van der Waals surface area contributed by atoms with Crippen molar-refractivity contribution in [3.63, 3.8) is 0 Å². The molecule has 7 heteroatoms. The van der Waals surface area contributed by atoms with Crippen molar-refractivity contribution in [3.05, 3.63) is 46.3 Å². The molecular weight excluding hydrogens is 227 g/mol. The van der Waals surface area contributed by atoms with E-state index in [-0.39, 0.29) is 11.3 Å². The van der Waals surface area contributed by atoms with Crippen molar-refractivity contribution < 1.29 is 9.18 Å². The van der Waals surface area contributed by atoms with Gasteiger partial charge in [-0.2, -0.15) is 0 Å². The van der Waals surface area contributed by atoms with E-state index in [1.54, 1.807) is 0 Å². The quantitative estimate of drug-likeness (QED) is 0.720. The SMILES string of the molecule is NC(=O)C(N)c1cc(=O)n2cc(F)ccc2n1. The van der Waals surface area contributed by atoms with Gasteiger partial charge in [-0.15, -0.1) is 0 Å². The molecule has 0 saturated heterocycles. The zero-order chi connectivity index (χ0) is 12.6. The monoisotopic (exact) mass is 236 g/mol. The molecule has 0 aromatic carbocycles. The first-order valence-corrected chi connectivity index (χ1v) is 4.73. The van der Waals surface area contributed by atoms with Gasteiger partial charge in [0.25, 0.3) is 5.56 Å². The fourth-order valence-corrected chi connectivity index (χ4v) is 1.40. The lowest BCUT2D eigenvalue weighted by atomic mass is 10.2. The lowest BCUT2D eigenvalue weighted by Gasteiger charge is -2.07. The Kier molecular flexibility index (Phi) is 2.60. The van der Waals surface area contributed by atoms with E-state index in [0.717, 1.165) is 22.7 Å². The topological polar surface area (TPSA) is 103 Å². The maximum absolute atomic E-state index is 12.9. The zero-order valence-electron chi connectivity index (χ0n) is 8.63. The van der Waals surface area contributed by atoms with Gasteiger partial charge in [-0.05, 0) is 12.1 Å². The highest BCUT2D eigenvalue weighted by atomic mass is 19.1. The van der Waals surface area contributed by atoms with Crippen LogP contribution in [0, 0.1) is 5.82 Å². The first-order chi connectivity index (χ1) is 7.99. The summed E-state index contributed by atoms with van der Waals surface area (Å²) in [5, 5.41) is 0. The van der Waals surface area contributed by atoms with Gasteiger partial charge in [0.05, 0.1) is 5.69 Å². The van der Waals surface area contributed by atoms with Gasteiger partial charge in [0, 0.05) is 12.3 Å². The third-order valence-corrected chi connectivity index (χ3v) is 2.27. The number of carbonyl (C=O) groups is 1. The van der Waals surface area contributed by atoms with E-state index in [2.05, 4.69) is 4.98 Å². The summed E-state index contributed by atoms with van der Waals surface area (Å²) in [5.41, 5.74) is 10.2. The largest absolute Gasteiger partial charge is 0.368 e. The summed E-state index contributed by atoms with van der Waals surface area (Å²) in [6.07, 6.45) is 1.00. The molecule has 0 saturated carbocycles. The highest BCUT2D eigenvalue weighted by molar-refractivity contribution is 5.80. The molecule has 2 aromatic rings. The predicted octanol–water partition coefficient (Wildman–Crippen LogP) is -0.681. The summed E-state index contributed by atoms with van der Waals surface area (Å²) in [4.78, 5) is 26.5. The van der Waals surface area contributed by atoms with Crippen LogP contribution in [0.1, 0.15) is 11.7 Å². The summed E-state index contributed by atoms with van der Waals surface area (Å²) in [6.45, 7) is 0. The van der Waals surface area contributed by atoms with Gasteiger partial charge in [-0.3, -0.25) is 14.0 Å². The molecule has 0 aliphatic carbocycles. The summed E-state index contributed by atoms with van der Waals surface area (Å²) >= 11 is 0. The molecule has 0 aliphatic heterocycles. The zero-order valence-corrected chi connectivity index (χ0v) is 8.63. The molecule has 1 unspecified atom stereocenters. The van der Waals surface area contributed by atoms with Crippen LogP contribution < -0.4 is 17.0 Å². The van der Waals surface area contributed by atoms with E-state index in [4.69, 9.17) is 11.5 Å². The van der Waals surface area contributed by atoms with Crippen molar-refractivity contribution in [1.29, 1.82) is 0 Å². The van der Waals surface area contributed by atoms with E-state index in [0.29, 0.717) is 0 Å². The van der Waals surface area contributed by atoms with Crippen molar-refractivity contribution in [2.24, 2.45) is 11.5 Å². The van der Waals surface area contributed by atoms with Crippen LogP contribution in [0.15, 0.2) is 29.2 Å². The number of amides is 1. The maximum Gasteiger partial charge on any atom is 0.258 e. The van der Waals surface area contributed by atoms with Crippen LogP contribution in [-0.4, -0.2) is 15.3 Å². The molecule has 1 amide bonds. The molecule has 2 aromatic heterocycles. The molecule has 88 valence electrons. The maximum atomic E-state index is 12.9. The van der Waals surface area contributed by atoms with Crippen molar-refractivity contribution in [1.82, 2.24) is 9.38 Å². The van der Waals surface area contributed by atoms with Crippen LogP contribution in [0.25, 0.3) is 5.65 Å². The number of rotatable bonds is 2. The average Bonchev–Trinajstić information content (AvgIpc) is 2.28. The molecule has 0 spiro atoms. The molecule has 1 atom stereocenters. The second-order valence-electron chi connectivity index (χ2n) is 3.47. The van der Waals surface area contributed by atoms with Crippen molar-refractivity contribution in [2.45, 2.75) is 6.04 Å². The third-order valence-electron chi connectivity index (χ3n) is 2.27. The molecule has 0 bridgehead atoms. The Bertz CT molecular complexity index is 652. The number of nitrogens with two attached hydrogens (primary N) is 2. The molecule has 6 nitrogen and oxygen atoms in total. The Labute approximate surface area is 94.7 Å². The van der Waals surface area contributed by atoms with Gasteiger partial charge in [0.15, 0.2) is 0 Å². The molecular formula is C10H9FN4O2. The molecule has 0 aliphatic rings. The van der Waals surface area contributed by atoms with E-state index >= 15 is 0 Å². The van der Waals surface area contributed by atoms with E-state index < -0.39 is 23.3 Å². The summed E-state index contributed by atoms with van der Waals surface area (Å²) in [6, 6.07) is 2.37. The normalized spacial score (nSPS) is 12.6. The van der Waals surface area contributed by atoms with Crippen molar-refractivity contribution in [3.8, 4) is 0 Å². The Morgan fingerprint density at radius 2 is 2.18 bits per heavy atom. The predicted molar refractivity (Wildman–Crippen MR) is 57.5 cm³/mol. The number of pyridine rings is 1. The van der Waals surface area contributed by atoms with Crippen LogP contribution in [0.5, 0.6) is 0 Å². The molecule has 0 radical (unpaired) electrons. The minimum absolute atomic E-state index is 0.0640. The highest BCUT2D eigenvalue weighted by Crippen LogP contribution is 2.07. The minimum Gasteiger partial charge on any atom is -0.368 e. The minimum atomic E-state index is -1.15. The van der Waals surface area contributed by atoms with E-state index in [1.807, 2.05) is 0 Å². The van der Waals surface area contributed by atoms with Gasteiger partial charge in [-0.25, -0.2) is 9.37 Å². The van der Waals surface area contributed by atoms with Crippen LogP contribution in [-0.2, 0) is 4.79 Å².